The van der Waals surface area contributed by atoms with Crippen LogP contribution in [0.25, 0.3) is 16.7 Å². The fourth-order valence-corrected chi connectivity index (χ4v) is 4.92. The molecule has 35 heavy (non-hydrogen) atoms. The minimum Gasteiger partial charge on any atom is -0.355 e. The number of nitrogens with zero attached hydrogens (tertiary/aromatic N) is 3. The number of fused-ring (bicyclic) bond motifs is 1. The number of aromatic nitrogens is 2. The van der Waals surface area contributed by atoms with Crippen LogP contribution in [-0.2, 0) is 17.8 Å². The van der Waals surface area contributed by atoms with Gasteiger partial charge in [0.05, 0.1) is 23.5 Å². The van der Waals surface area contributed by atoms with Gasteiger partial charge in [0.1, 0.15) is 11.6 Å². The molecule has 1 saturated heterocycles. The van der Waals surface area contributed by atoms with Gasteiger partial charge in [0.25, 0.3) is 0 Å². The number of hydrogen-bond donors (Lipinski definition) is 1. The minimum absolute atomic E-state index is 0.0439. The van der Waals surface area contributed by atoms with Crippen molar-refractivity contribution in [2.24, 2.45) is 5.92 Å². The first kappa shape index (κ1) is 23.5. The second-order valence-corrected chi connectivity index (χ2v) is 9.51. The summed E-state index contributed by atoms with van der Waals surface area (Å²) >= 11 is 5.95. The molecule has 1 N–H and O–H groups in total. The maximum atomic E-state index is 13.6. The van der Waals surface area contributed by atoms with Gasteiger partial charge in [-0.05, 0) is 79.9 Å². The Morgan fingerprint density at radius 3 is 2.63 bits per heavy atom. The van der Waals surface area contributed by atoms with Gasteiger partial charge in [0, 0.05) is 23.8 Å². The number of likely N-dealkylation sites (tertiary alicyclic amines) is 1. The van der Waals surface area contributed by atoms with Crippen molar-refractivity contribution in [2.45, 2.75) is 25.8 Å². The summed E-state index contributed by atoms with van der Waals surface area (Å²) in [5, 5.41) is 3.82. The Morgan fingerprint density at radius 1 is 1.06 bits per heavy atom. The fourth-order valence-electron chi connectivity index (χ4n) is 4.80. The Balaban J connectivity index is 1.26. The molecule has 4 aromatic rings. The van der Waals surface area contributed by atoms with Gasteiger partial charge in [-0.15, -0.1) is 0 Å². The third kappa shape index (κ3) is 5.55. The van der Waals surface area contributed by atoms with E-state index in [0.717, 1.165) is 53.9 Å². The molecule has 1 aliphatic rings. The highest BCUT2D eigenvalue weighted by atomic mass is 35.5. The van der Waals surface area contributed by atoms with Gasteiger partial charge < -0.3 is 5.32 Å². The SMILES string of the molecule is O=C(NCCc1ccc(Cl)cc1)[C@@H]1CCCN(Cc2nc3ccccc3n2-c2ccc(F)cc2)C1. The van der Waals surface area contributed by atoms with E-state index in [2.05, 4.69) is 14.8 Å². The van der Waals surface area contributed by atoms with Crippen LogP contribution >= 0.6 is 11.6 Å². The predicted molar refractivity (Wildman–Crippen MR) is 137 cm³/mol. The van der Waals surface area contributed by atoms with Crippen molar-refractivity contribution in [1.82, 2.24) is 19.8 Å². The summed E-state index contributed by atoms with van der Waals surface area (Å²) < 4.78 is 15.6. The molecule has 0 aliphatic carbocycles. The van der Waals surface area contributed by atoms with Gasteiger partial charge in [-0.25, -0.2) is 9.37 Å². The number of hydrogen-bond acceptors (Lipinski definition) is 3. The number of piperidine rings is 1. The van der Waals surface area contributed by atoms with E-state index in [0.29, 0.717) is 24.7 Å². The van der Waals surface area contributed by atoms with Crippen molar-refractivity contribution in [3.05, 3.63) is 95.0 Å². The lowest BCUT2D eigenvalue weighted by Crippen LogP contribution is -2.43. The third-order valence-electron chi connectivity index (χ3n) is 6.58. The van der Waals surface area contributed by atoms with E-state index >= 15 is 0 Å². The van der Waals surface area contributed by atoms with Crippen molar-refractivity contribution in [2.75, 3.05) is 19.6 Å². The first-order chi connectivity index (χ1) is 17.1. The van der Waals surface area contributed by atoms with Crippen LogP contribution in [0, 0.1) is 11.7 Å². The van der Waals surface area contributed by atoms with Crippen LogP contribution in [0.1, 0.15) is 24.2 Å². The molecule has 1 fully saturated rings. The van der Waals surface area contributed by atoms with Crippen molar-refractivity contribution >= 4 is 28.5 Å². The average Bonchev–Trinajstić information content (AvgIpc) is 3.23. The highest BCUT2D eigenvalue weighted by Gasteiger charge is 2.27. The summed E-state index contributed by atoms with van der Waals surface area (Å²) in [7, 11) is 0. The molecule has 0 unspecified atom stereocenters. The molecule has 3 aromatic carbocycles. The lowest BCUT2D eigenvalue weighted by molar-refractivity contribution is -0.126. The quantitative estimate of drug-likeness (QED) is 0.378. The standard InChI is InChI=1S/C28H28ClFN4O/c29-22-9-7-20(8-10-22)15-16-31-28(35)21-4-3-17-33(18-21)19-27-32-25-5-1-2-6-26(25)34(27)24-13-11-23(30)12-14-24/h1-2,5-14,21H,3-4,15-19H2,(H,31,35)/t21-/m1/s1. The number of nitrogens with one attached hydrogen (secondary N) is 1. The summed E-state index contributed by atoms with van der Waals surface area (Å²) in [6.45, 7) is 2.85. The summed E-state index contributed by atoms with van der Waals surface area (Å²) in [5.41, 5.74) is 3.92. The number of carbonyl (C=O) groups is 1. The Kier molecular flexibility index (Phi) is 7.11. The molecular formula is C28H28ClFN4O. The minimum atomic E-state index is -0.263. The summed E-state index contributed by atoms with van der Waals surface area (Å²) in [6.07, 6.45) is 2.63. The lowest BCUT2D eigenvalue weighted by atomic mass is 9.97. The van der Waals surface area contributed by atoms with E-state index in [-0.39, 0.29) is 17.6 Å². The van der Waals surface area contributed by atoms with Crippen LogP contribution in [0.15, 0.2) is 72.8 Å². The number of para-hydroxylation sites is 2. The second kappa shape index (κ2) is 10.6. The number of carbonyl (C=O) groups excluding carboxylic acids is 1. The van der Waals surface area contributed by atoms with Gasteiger partial charge in [-0.2, -0.15) is 0 Å². The molecule has 0 spiro atoms. The number of halogens is 2. The van der Waals surface area contributed by atoms with Crippen LogP contribution in [-0.4, -0.2) is 40.0 Å². The van der Waals surface area contributed by atoms with Gasteiger partial charge in [-0.3, -0.25) is 14.3 Å². The van der Waals surface area contributed by atoms with Crippen LogP contribution in [0.3, 0.4) is 0 Å². The molecule has 1 aromatic heterocycles. The summed E-state index contributed by atoms with van der Waals surface area (Å²) in [5.74, 6) is 0.690. The maximum Gasteiger partial charge on any atom is 0.224 e. The Morgan fingerprint density at radius 2 is 1.83 bits per heavy atom. The molecule has 1 aliphatic heterocycles. The van der Waals surface area contributed by atoms with E-state index in [1.807, 2.05) is 48.5 Å². The number of rotatable bonds is 7. The first-order valence-electron chi connectivity index (χ1n) is 12.0. The van der Waals surface area contributed by atoms with Crippen molar-refractivity contribution in [3.8, 4) is 5.69 Å². The number of amides is 1. The normalized spacial score (nSPS) is 16.5. The smallest absolute Gasteiger partial charge is 0.224 e. The first-order valence-corrected chi connectivity index (χ1v) is 12.4. The molecule has 0 bridgehead atoms. The maximum absolute atomic E-state index is 13.6. The molecule has 7 heteroatoms. The van der Waals surface area contributed by atoms with E-state index in [1.54, 1.807) is 12.1 Å². The van der Waals surface area contributed by atoms with Crippen LogP contribution < -0.4 is 5.32 Å². The zero-order valence-electron chi connectivity index (χ0n) is 19.5. The Labute approximate surface area is 209 Å². The van der Waals surface area contributed by atoms with Crippen LogP contribution in [0.5, 0.6) is 0 Å². The summed E-state index contributed by atoms with van der Waals surface area (Å²) in [6, 6.07) is 22.2. The van der Waals surface area contributed by atoms with Crippen molar-refractivity contribution < 1.29 is 9.18 Å². The molecule has 180 valence electrons. The van der Waals surface area contributed by atoms with Crippen molar-refractivity contribution in [1.29, 1.82) is 0 Å². The van der Waals surface area contributed by atoms with E-state index in [9.17, 15) is 9.18 Å². The highest BCUT2D eigenvalue weighted by Crippen LogP contribution is 2.25. The molecule has 1 atom stereocenters. The number of benzene rings is 3. The zero-order chi connectivity index (χ0) is 24.2. The molecule has 0 radical (unpaired) electrons. The third-order valence-corrected chi connectivity index (χ3v) is 6.83. The van der Waals surface area contributed by atoms with Crippen LogP contribution in [0.4, 0.5) is 4.39 Å². The zero-order valence-corrected chi connectivity index (χ0v) is 20.2. The Hall–Kier alpha value is -3.22. The fraction of sp³-hybridized carbons (Fsp3) is 0.286. The molecule has 5 nitrogen and oxygen atoms in total. The average molecular weight is 491 g/mol. The number of imidazole rings is 1. The molecular weight excluding hydrogens is 463 g/mol. The van der Waals surface area contributed by atoms with Crippen molar-refractivity contribution in [3.63, 3.8) is 0 Å². The monoisotopic (exact) mass is 490 g/mol. The van der Waals surface area contributed by atoms with Gasteiger partial charge >= 0.3 is 0 Å². The van der Waals surface area contributed by atoms with Gasteiger partial charge in [0.2, 0.25) is 5.91 Å². The second-order valence-electron chi connectivity index (χ2n) is 9.07. The van der Waals surface area contributed by atoms with E-state index in [1.165, 1.54) is 12.1 Å². The Bertz CT molecular complexity index is 1300. The van der Waals surface area contributed by atoms with Crippen LogP contribution in [0.2, 0.25) is 5.02 Å². The largest absolute Gasteiger partial charge is 0.355 e. The topological polar surface area (TPSA) is 50.2 Å². The molecule has 0 saturated carbocycles. The highest BCUT2D eigenvalue weighted by molar-refractivity contribution is 6.30. The van der Waals surface area contributed by atoms with E-state index in [4.69, 9.17) is 16.6 Å². The predicted octanol–water partition coefficient (Wildman–Crippen LogP) is 5.39. The molecule has 2 heterocycles. The summed E-state index contributed by atoms with van der Waals surface area (Å²) in [4.78, 5) is 20.1. The van der Waals surface area contributed by atoms with Gasteiger partial charge in [-0.1, -0.05) is 35.9 Å². The van der Waals surface area contributed by atoms with E-state index < -0.39 is 0 Å². The molecule has 1 amide bonds. The van der Waals surface area contributed by atoms with Gasteiger partial charge in [0.15, 0.2) is 0 Å². The molecule has 5 rings (SSSR count). The lowest BCUT2D eigenvalue weighted by Gasteiger charge is -2.31.